The van der Waals surface area contributed by atoms with E-state index in [9.17, 15) is 0 Å². The fraction of sp³-hybridized carbons (Fsp3) is 0.500. The van der Waals surface area contributed by atoms with Crippen LogP contribution >= 0.6 is 0 Å². The largest absolute Gasteiger partial charge is 0.473 e. The highest BCUT2D eigenvalue weighted by Crippen LogP contribution is 2.32. The van der Waals surface area contributed by atoms with Gasteiger partial charge in [-0.2, -0.15) is 0 Å². The Labute approximate surface area is 203 Å². The van der Waals surface area contributed by atoms with Gasteiger partial charge in [-0.15, -0.1) is 0 Å². The third-order valence-electron chi connectivity index (χ3n) is 5.93. The molecule has 3 rings (SSSR count). The van der Waals surface area contributed by atoms with Gasteiger partial charge in [0.15, 0.2) is 0 Å². The lowest BCUT2D eigenvalue weighted by Gasteiger charge is -2.33. The van der Waals surface area contributed by atoms with Gasteiger partial charge in [0, 0.05) is 0 Å². The quantitative estimate of drug-likeness (QED) is 0.516. The average molecular weight is 470 g/mol. The lowest BCUT2D eigenvalue weighted by Crippen LogP contribution is -2.39. The fourth-order valence-electron chi connectivity index (χ4n) is 3.88. The van der Waals surface area contributed by atoms with E-state index in [1.807, 2.05) is 0 Å². The molecule has 1 aliphatic heterocycles. The molecule has 0 spiro atoms. The molecular weight excluding hydrogens is 430 g/mol. The van der Waals surface area contributed by atoms with Crippen LogP contribution in [0.2, 0.25) is 0 Å². The first-order chi connectivity index (χ1) is 15.8. The zero-order valence-corrected chi connectivity index (χ0v) is 21.2. The molecule has 1 aliphatic rings. The number of piperidine rings is 1. The SMILES string of the molecule is CC(C)(C)c1cc(CO[C@@H]2CCCN[C@@H]2c2ccccc2)cc(C(C)(C)C)c1.O=C(O)C(=O)O. The molecular formula is C28H39NO5. The summed E-state index contributed by atoms with van der Waals surface area (Å²) in [4.78, 5) is 18.2. The highest BCUT2D eigenvalue weighted by atomic mass is 16.5. The van der Waals surface area contributed by atoms with Crippen LogP contribution in [0.1, 0.15) is 82.7 Å². The van der Waals surface area contributed by atoms with Gasteiger partial charge in [0.25, 0.3) is 0 Å². The number of rotatable bonds is 4. The van der Waals surface area contributed by atoms with E-state index in [2.05, 4.69) is 95.4 Å². The minimum Gasteiger partial charge on any atom is -0.473 e. The Morgan fingerprint density at radius 2 is 1.44 bits per heavy atom. The Balaban J connectivity index is 0.000000604. The number of carbonyl (C=O) groups is 2. The second-order valence-electron chi connectivity index (χ2n) is 10.9. The molecule has 0 unspecified atom stereocenters. The van der Waals surface area contributed by atoms with E-state index in [1.54, 1.807) is 0 Å². The molecule has 0 amide bonds. The van der Waals surface area contributed by atoms with Crippen LogP contribution in [0.4, 0.5) is 0 Å². The molecule has 2 atom stereocenters. The second-order valence-corrected chi connectivity index (χ2v) is 10.9. The van der Waals surface area contributed by atoms with E-state index < -0.39 is 11.9 Å². The molecule has 0 aliphatic carbocycles. The maximum Gasteiger partial charge on any atom is 0.414 e. The third-order valence-corrected chi connectivity index (χ3v) is 5.93. The minimum absolute atomic E-state index is 0.134. The number of hydrogen-bond acceptors (Lipinski definition) is 4. The predicted octanol–water partition coefficient (Wildman–Crippen LogP) is 5.45. The summed E-state index contributed by atoms with van der Waals surface area (Å²) >= 11 is 0. The van der Waals surface area contributed by atoms with Crippen LogP contribution in [-0.4, -0.2) is 34.8 Å². The van der Waals surface area contributed by atoms with E-state index in [1.165, 1.54) is 28.7 Å². The molecule has 34 heavy (non-hydrogen) atoms. The van der Waals surface area contributed by atoms with Crippen LogP contribution in [0.15, 0.2) is 48.5 Å². The van der Waals surface area contributed by atoms with Gasteiger partial charge in [-0.1, -0.05) is 90.1 Å². The summed E-state index contributed by atoms with van der Waals surface area (Å²) in [5.41, 5.74) is 5.66. The number of carboxylic acids is 2. The Kier molecular flexibility index (Phi) is 9.42. The van der Waals surface area contributed by atoms with Crippen molar-refractivity contribution in [2.45, 2.75) is 84.0 Å². The van der Waals surface area contributed by atoms with E-state index in [-0.39, 0.29) is 23.0 Å². The predicted molar refractivity (Wildman–Crippen MR) is 134 cm³/mol. The molecule has 0 saturated carbocycles. The average Bonchev–Trinajstić information content (AvgIpc) is 2.77. The number of ether oxygens (including phenoxy) is 1. The molecule has 0 radical (unpaired) electrons. The van der Waals surface area contributed by atoms with Crippen molar-refractivity contribution in [3.63, 3.8) is 0 Å². The van der Waals surface area contributed by atoms with Crippen LogP contribution in [0.3, 0.4) is 0 Å². The fourth-order valence-corrected chi connectivity index (χ4v) is 3.88. The molecule has 2 aromatic rings. The maximum atomic E-state index is 9.10. The molecule has 0 bridgehead atoms. The van der Waals surface area contributed by atoms with E-state index in [4.69, 9.17) is 24.5 Å². The Hall–Kier alpha value is -2.70. The first kappa shape index (κ1) is 27.5. The van der Waals surface area contributed by atoms with Crippen molar-refractivity contribution in [3.05, 3.63) is 70.8 Å². The zero-order valence-electron chi connectivity index (χ0n) is 21.2. The van der Waals surface area contributed by atoms with Crippen molar-refractivity contribution in [1.29, 1.82) is 0 Å². The monoisotopic (exact) mass is 469 g/mol. The standard InChI is InChI=1S/C26H37NO.C2H2O4/c1-25(2,3)21-15-19(16-22(17-21)26(4,5)6)18-28-23-13-10-14-27-24(23)20-11-8-7-9-12-20;3-1(4)2(5)6/h7-9,11-12,15-17,23-24,27H,10,13-14,18H2,1-6H3;(H,3,4)(H,5,6)/t23-,24-;/m1./s1. The summed E-state index contributed by atoms with van der Waals surface area (Å²) in [6, 6.07) is 18.0. The van der Waals surface area contributed by atoms with E-state index in [0.717, 1.165) is 13.0 Å². The number of hydrogen-bond donors (Lipinski definition) is 3. The van der Waals surface area contributed by atoms with Crippen LogP contribution in [0, 0.1) is 0 Å². The smallest absolute Gasteiger partial charge is 0.414 e. The van der Waals surface area contributed by atoms with Crippen molar-refractivity contribution < 1.29 is 24.5 Å². The summed E-state index contributed by atoms with van der Waals surface area (Å²) in [5.74, 6) is -3.65. The van der Waals surface area contributed by atoms with E-state index in [0.29, 0.717) is 6.61 Å². The molecule has 6 nitrogen and oxygen atoms in total. The summed E-state index contributed by atoms with van der Waals surface area (Å²) in [7, 11) is 0. The van der Waals surface area contributed by atoms with Gasteiger partial charge >= 0.3 is 11.9 Å². The molecule has 2 aromatic carbocycles. The van der Waals surface area contributed by atoms with E-state index >= 15 is 0 Å². The summed E-state index contributed by atoms with van der Waals surface area (Å²) in [5, 5.41) is 18.5. The summed E-state index contributed by atoms with van der Waals surface area (Å²) < 4.78 is 6.51. The minimum atomic E-state index is -1.82. The Bertz CT molecular complexity index is 913. The van der Waals surface area contributed by atoms with Crippen molar-refractivity contribution in [2.24, 2.45) is 0 Å². The second kappa shape index (κ2) is 11.6. The summed E-state index contributed by atoms with van der Waals surface area (Å²) in [6.45, 7) is 15.5. The lowest BCUT2D eigenvalue weighted by molar-refractivity contribution is -0.159. The van der Waals surface area contributed by atoms with Gasteiger partial charge < -0.3 is 20.3 Å². The van der Waals surface area contributed by atoms with Crippen molar-refractivity contribution in [2.75, 3.05) is 6.54 Å². The van der Waals surface area contributed by atoms with Gasteiger partial charge in [-0.05, 0) is 52.5 Å². The van der Waals surface area contributed by atoms with Crippen LogP contribution in [0.25, 0.3) is 0 Å². The van der Waals surface area contributed by atoms with Gasteiger partial charge in [0.1, 0.15) is 0 Å². The van der Waals surface area contributed by atoms with Crippen molar-refractivity contribution in [1.82, 2.24) is 5.32 Å². The van der Waals surface area contributed by atoms with Crippen molar-refractivity contribution in [3.8, 4) is 0 Å². The number of carboxylic acid groups (broad SMARTS) is 2. The molecule has 1 saturated heterocycles. The number of benzene rings is 2. The van der Waals surface area contributed by atoms with Crippen molar-refractivity contribution >= 4 is 11.9 Å². The van der Waals surface area contributed by atoms with Crippen LogP contribution in [-0.2, 0) is 31.8 Å². The lowest BCUT2D eigenvalue weighted by atomic mass is 9.79. The Morgan fingerprint density at radius 1 is 0.912 bits per heavy atom. The Morgan fingerprint density at radius 3 is 1.91 bits per heavy atom. The third kappa shape index (κ3) is 8.26. The molecule has 1 heterocycles. The molecule has 1 fully saturated rings. The topological polar surface area (TPSA) is 95.9 Å². The highest BCUT2D eigenvalue weighted by molar-refractivity contribution is 6.27. The first-order valence-electron chi connectivity index (χ1n) is 11.8. The van der Waals surface area contributed by atoms with Gasteiger partial charge in [-0.3, -0.25) is 0 Å². The zero-order chi connectivity index (χ0) is 25.5. The van der Waals surface area contributed by atoms with Crippen LogP contribution in [0.5, 0.6) is 0 Å². The van der Waals surface area contributed by atoms with Gasteiger partial charge in [-0.25, -0.2) is 9.59 Å². The molecule has 6 heteroatoms. The van der Waals surface area contributed by atoms with Gasteiger partial charge in [0.2, 0.25) is 0 Å². The first-order valence-corrected chi connectivity index (χ1v) is 11.8. The van der Waals surface area contributed by atoms with Gasteiger partial charge in [0.05, 0.1) is 18.8 Å². The maximum absolute atomic E-state index is 9.10. The molecule has 0 aromatic heterocycles. The highest BCUT2D eigenvalue weighted by Gasteiger charge is 2.27. The molecule has 3 N–H and O–H groups in total. The normalized spacial score (nSPS) is 18.5. The molecule has 186 valence electrons. The summed E-state index contributed by atoms with van der Waals surface area (Å²) in [6.07, 6.45) is 2.49. The number of aliphatic carboxylic acids is 2. The van der Waals surface area contributed by atoms with Crippen LogP contribution < -0.4 is 5.32 Å². The number of nitrogens with one attached hydrogen (secondary N) is 1.